The van der Waals surface area contributed by atoms with Crippen LogP contribution in [0.2, 0.25) is 0 Å². The maximum Gasteiger partial charge on any atom is 0.148 e. The van der Waals surface area contributed by atoms with Gasteiger partial charge in [0.25, 0.3) is 0 Å². The lowest BCUT2D eigenvalue weighted by Crippen LogP contribution is -2.31. The van der Waals surface area contributed by atoms with Crippen LogP contribution in [0.4, 0.5) is 0 Å². The van der Waals surface area contributed by atoms with Gasteiger partial charge in [0.05, 0.1) is 6.54 Å². The molecule has 2 heterocycles. The lowest BCUT2D eigenvalue weighted by atomic mass is 10.2. The minimum atomic E-state index is 0.764. The van der Waals surface area contributed by atoms with E-state index in [9.17, 15) is 0 Å². The number of rotatable bonds is 3. The van der Waals surface area contributed by atoms with E-state index >= 15 is 0 Å². The first-order valence-electron chi connectivity index (χ1n) is 5.09. The summed E-state index contributed by atoms with van der Waals surface area (Å²) in [7, 11) is 3.96. The summed E-state index contributed by atoms with van der Waals surface area (Å²) in [6.45, 7) is 1.84. The molecule has 5 nitrogen and oxygen atoms in total. The Morgan fingerprint density at radius 3 is 3.00 bits per heavy atom. The van der Waals surface area contributed by atoms with E-state index in [2.05, 4.69) is 20.2 Å². The molecular weight excluding hydrogens is 178 g/mol. The highest BCUT2D eigenvalue weighted by atomic mass is 15.5. The zero-order chi connectivity index (χ0) is 9.97. The van der Waals surface area contributed by atoms with Crippen LogP contribution in [0.1, 0.15) is 24.5 Å². The van der Waals surface area contributed by atoms with Gasteiger partial charge in [-0.3, -0.25) is 5.01 Å². The minimum Gasteiger partial charge on any atom is -0.314 e. The van der Waals surface area contributed by atoms with Gasteiger partial charge < -0.3 is 4.57 Å². The van der Waals surface area contributed by atoms with Crippen molar-refractivity contribution in [2.24, 2.45) is 0 Å². The van der Waals surface area contributed by atoms with Crippen LogP contribution in [0.25, 0.3) is 0 Å². The highest BCUT2D eigenvalue weighted by Crippen LogP contribution is 2.13. The summed E-state index contributed by atoms with van der Waals surface area (Å²) in [5.74, 6) is 2.19. The number of nitrogens with one attached hydrogen (secondary N) is 1. The molecule has 5 heteroatoms. The lowest BCUT2D eigenvalue weighted by molar-refractivity contribution is 0.278. The molecule has 78 valence electrons. The van der Waals surface area contributed by atoms with Crippen molar-refractivity contribution in [1.82, 2.24) is 25.2 Å². The molecule has 0 radical (unpaired) electrons. The normalized spacial score (nSPS) is 15.9. The molecule has 0 saturated heterocycles. The van der Waals surface area contributed by atoms with Crippen molar-refractivity contribution >= 4 is 0 Å². The van der Waals surface area contributed by atoms with Crippen molar-refractivity contribution in [2.75, 3.05) is 14.1 Å². The molecule has 1 aromatic heterocycles. The molecule has 0 amide bonds. The third-order valence-corrected chi connectivity index (χ3v) is 2.49. The van der Waals surface area contributed by atoms with Crippen LogP contribution >= 0.6 is 0 Å². The third-order valence-electron chi connectivity index (χ3n) is 2.49. The Hall–Kier alpha value is -0.940. The van der Waals surface area contributed by atoms with Gasteiger partial charge in [-0.15, -0.1) is 10.2 Å². The first kappa shape index (κ1) is 9.61. The molecular formula is C9H17N5. The zero-order valence-corrected chi connectivity index (χ0v) is 8.82. The number of aryl methyl sites for hydroxylation is 1. The Bertz CT molecular complexity index is 304. The summed E-state index contributed by atoms with van der Waals surface area (Å²) in [4.78, 5) is 0. The maximum atomic E-state index is 4.19. The van der Waals surface area contributed by atoms with E-state index in [4.69, 9.17) is 0 Å². The number of hydrogen-bond acceptors (Lipinski definition) is 4. The standard InChI is InChI=1S/C9H17N5/c1-13(2)10-7-9-12-11-8-5-3-4-6-14(8)9/h10H,3-7H2,1-2H3. The maximum absolute atomic E-state index is 4.19. The van der Waals surface area contributed by atoms with Crippen molar-refractivity contribution in [3.8, 4) is 0 Å². The summed E-state index contributed by atoms with van der Waals surface area (Å²) >= 11 is 0. The largest absolute Gasteiger partial charge is 0.314 e. The average Bonchev–Trinajstić information content (AvgIpc) is 2.58. The van der Waals surface area contributed by atoms with E-state index < -0.39 is 0 Å². The summed E-state index contributed by atoms with van der Waals surface area (Å²) in [5, 5.41) is 10.3. The highest BCUT2D eigenvalue weighted by Gasteiger charge is 2.14. The van der Waals surface area contributed by atoms with Gasteiger partial charge in [-0.05, 0) is 12.8 Å². The Morgan fingerprint density at radius 2 is 2.21 bits per heavy atom. The molecule has 2 rings (SSSR count). The third kappa shape index (κ3) is 1.93. The van der Waals surface area contributed by atoms with Crippen LogP contribution < -0.4 is 5.43 Å². The Balaban J connectivity index is 2.06. The molecule has 0 fully saturated rings. The second-order valence-corrected chi connectivity index (χ2v) is 3.87. The zero-order valence-electron chi connectivity index (χ0n) is 8.82. The fraction of sp³-hybridized carbons (Fsp3) is 0.778. The Morgan fingerprint density at radius 1 is 1.36 bits per heavy atom. The van der Waals surface area contributed by atoms with Crippen LogP contribution in [0.15, 0.2) is 0 Å². The van der Waals surface area contributed by atoms with E-state index in [0.717, 1.165) is 31.2 Å². The van der Waals surface area contributed by atoms with Gasteiger partial charge in [0.1, 0.15) is 11.6 Å². The van der Waals surface area contributed by atoms with Gasteiger partial charge >= 0.3 is 0 Å². The molecule has 0 unspecified atom stereocenters. The monoisotopic (exact) mass is 195 g/mol. The summed E-state index contributed by atoms with van der Waals surface area (Å²) < 4.78 is 2.24. The van der Waals surface area contributed by atoms with E-state index in [1.165, 1.54) is 12.8 Å². The molecule has 0 aliphatic carbocycles. The van der Waals surface area contributed by atoms with Crippen LogP contribution in [-0.4, -0.2) is 33.9 Å². The summed E-state index contributed by atoms with van der Waals surface area (Å²) in [6, 6.07) is 0. The second kappa shape index (κ2) is 4.06. The van der Waals surface area contributed by atoms with Gasteiger partial charge in [0.2, 0.25) is 0 Å². The number of hydrogen-bond donors (Lipinski definition) is 1. The fourth-order valence-electron chi connectivity index (χ4n) is 1.73. The molecule has 1 aliphatic rings. The smallest absolute Gasteiger partial charge is 0.148 e. The molecule has 14 heavy (non-hydrogen) atoms. The fourth-order valence-corrected chi connectivity index (χ4v) is 1.73. The van der Waals surface area contributed by atoms with E-state index in [1.54, 1.807) is 0 Å². The molecule has 1 aliphatic heterocycles. The van der Waals surface area contributed by atoms with E-state index in [1.807, 2.05) is 19.1 Å². The van der Waals surface area contributed by atoms with Gasteiger partial charge in [0.15, 0.2) is 0 Å². The second-order valence-electron chi connectivity index (χ2n) is 3.87. The van der Waals surface area contributed by atoms with Gasteiger partial charge in [0, 0.05) is 27.1 Å². The topological polar surface area (TPSA) is 46.0 Å². The van der Waals surface area contributed by atoms with Crippen LogP contribution in [0.5, 0.6) is 0 Å². The van der Waals surface area contributed by atoms with Crippen LogP contribution in [0, 0.1) is 0 Å². The van der Waals surface area contributed by atoms with Gasteiger partial charge in [-0.2, -0.15) is 0 Å². The number of aromatic nitrogens is 3. The number of nitrogens with zero attached hydrogens (tertiary/aromatic N) is 4. The molecule has 0 aromatic carbocycles. The van der Waals surface area contributed by atoms with Crippen molar-refractivity contribution in [3.05, 3.63) is 11.6 Å². The van der Waals surface area contributed by atoms with Crippen molar-refractivity contribution in [2.45, 2.75) is 32.4 Å². The van der Waals surface area contributed by atoms with E-state index in [0.29, 0.717) is 0 Å². The van der Waals surface area contributed by atoms with Gasteiger partial charge in [-0.25, -0.2) is 5.43 Å². The molecule has 1 N–H and O–H groups in total. The molecule has 0 bridgehead atoms. The SMILES string of the molecule is CN(C)NCc1nnc2n1CCCC2. The van der Waals surface area contributed by atoms with Crippen LogP contribution in [-0.2, 0) is 19.5 Å². The molecule has 0 spiro atoms. The molecule has 0 atom stereocenters. The average molecular weight is 195 g/mol. The Kier molecular flexibility index (Phi) is 2.79. The predicted molar refractivity (Wildman–Crippen MR) is 53.5 cm³/mol. The van der Waals surface area contributed by atoms with Crippen LogP contribution in [0.3, 0.4) is 0 Å². The number of fused-ring (bicyclic) bond motifs is 1. The predicted octanol–water partition coefficient (Wildman–Crippen LogP) is 0.181. The summed E-state index contributed by atoms with van der Waals surface area (Å²) in [5.41, 5.74) is 3.21. The van der Waals surface area contributed by atoms with E-state index in [-0.39, 0.29) is 0 Å². The number of hydrazine groups is 1. The molecule has 1 aromatic rings. The lowest BCUT2D eigenvalue weighted by Gasteiger charge is -2.16. The van der Waals surface area contributed by atoms with Crippen molar-refractivity contribution in [3.63, 3.8) is 0 Å². The first-order chi connectivity index (χ1) is 6.77. The summed E-state index contributed by atoms with van der Waals surface area (Å²) in [6.07, 6.45) is 3.58. The molecule has 0 saturated carbocycles. The quantitative estimate of drug-likeness (QED) is 0.699. The first-order valence-corrected chi connectivity index (χ1v) is 5.09. The van der Waals surface area contributed by atoms with Crippen molar-refractivity contribution in [1.29, 1.82) is 0 Å². The highest BCUT2D eigenvalue weighted by molar-refractivity contribution is 4.98. The van der Waals surface area contributed by atoms with Gasteiger partial charge in [-0.1, -0.05) is 0 Å². The van der Waals surface area contributed by atoms with Crippen molar-refractivity contribution < 1.29 is 0 Å². The minimum absolute atomic E-state index is 0.764. The Labute approximate surface area is 84.1 Å².